The molecule has 0 aliphatic carbocycles. The van der Waals surface area contributed by atoms with Crippen molar-refractivity contribution < 1.29 is 9.53 Å². The number of fused-ring (bicyclic) bond motifs is 2. The standard InChI is InChI=1S/C13H17ClN2O2.C8H9ClN2/c1-13(2,3)18-12(17)16-7-6-10-9(8-16)4-5-11(14)15-10;9-8-2-1-6-5-10-4-3-7(6)11-8/h4-5H,6-8H2,1-3H3;1-2,10H,3-5H2. The molecule has 2 aliphatic rings. The molecule has 0 fully saturated rings. The molecule has 1 N–H and O–H groups in total. The van der Waals surface area contributed by atoms with E-state index in [0.29, 0.717) is 23.4 Å². The van der Waals surface area contributed by atoms with Gasteiger partial charge in [0, 0.05) is 43.9 Å². The number of hydrogen-bond donors (Lipinski definition) is 1. The molecule has 0 saturated carbocycles. The number of hydrogen-bond acceptors (Lipinski definition) is 5. The van der Waals surface area contributed by atoms with E-state index in [1.54, 1.807) is 11.0 Å². The topological polar surface area (TPSA) is 67.3 Å². The number of carbonyl (C=O) groups is 1. The van der Waals surface area contributed by atoms with Crippen molar-refractivity contribution in [3.63, 3.8) is 0 Å². The van der Waals surface area contributed by atoms with Gasteiger partial charge in [-0.25, -0.2) is 14.8 Å². The first-order chi connectivity index (χ1) is 13.7. The molecule has 0 aromatic carbocycles. The zero-order valence-electron chi connectivity index (χ0n) is 17.0. The van der Waals surface area contributed by atoms with Crippen LogP contribution in [0, 0.1) is 0 Å². The van der Waals surface area contributed by atoms with E-state index in [1.165, 1.54) is 5.56 Å². The van der Waals surface area contributed by atoms with Gasteiger partial charge in [0.15, 0.2) is 0 Å². The van der Waals surface area contributed by atoms with E-state index in [4.69, 9.17) is 27.9 Å². The van der Waals surface area contributed by atoms with Gasteiger partial charge in [-0.05, 0) is 44.0 Å². The number of halogens is 2. The van der Waals surface area contributed by atoms with Crippen LogP contribution in [0.2, 0.25) is 10.3 Å². The lowest BCUT2D eigenvalue weighted by Crippen LogP contribution is -2.40. The van der Waals surface area contributed by atoms with Crippen LogP contribution in [0.5, 0.6) is 0 Å². The van der Waals surface area contributed by atoms with Crippen molar-refractivity contribution in [3.8, 4) is 0 Å². The van der Waals surface area contributed by atoms with E-state index in [0.717, 1.165) is 42.9 Å². The molecule has 0 bridgehead atoms. The van der Waals surface area contributed by atoms with Crippen molar-refractivity contribution in [1.29, 1.82) is 0 Å². The molecule has 0 unspecified atom stereocenters. The molecule has 4 rings (SSSR count). The van der Waals surface area contributed by atoms with Gasteiger partial charge in [-0.15, -0.1) is 0 Å². The van der Waals surface area contributed by atoms with Gasteiger partial charge in [0.25, 0.3) is 0 Å². The smallest absolute Gasteiger partial charge is 0.410 e. The lowest BCUT2D eigenvalue weighted by molar-refractivity contribution is 0.0223. The maximum Gasteiger partial charge on any atom is 0.410 e. The maximum atomic E-state index is 11.9. The minimum Gasteiger partial charge on any atom is -0.444 e. The third-order valence-electron chi connectivity index (χ3n) is 4.55. The maximum absolute atomic E-state index is 11.9. The van der Waals surface area contributed by atoms with E-state index >= 15 is 0 Å². The Bertz CT molecular complexity index is 883. The molecule has 0 atom stereocenters. The Balaban J connectivity index is 0.000000186. The predicted octanol–water partition coefficient (Wildman–Crippen LogP) is 4.41. The van der Waals surface area contributed by atoms with Crippen molar-refractivity contribution in [2.24, 2.45) is 0 Å². The van der Waals surface area contributed by atoms with Crippen LogP contribution in [0.25, 0.3) is 0 Å². The highest BCUT2D eigenvalue weighted by atomic mass is 35.5. The minimum absolute atomic E-state index is 0.275. The van der Waals surface area contributed by atoms with E-state index < -0.39 is 5.60 Å². The molecule has 156 valence electrons. The van der Waals surface area contributed by atoms with E-state index in [-0.39, 0.29) is 6.09 Å². The summed E-state index contributed by atoms with van der Waals surface area (Å²) < 4.78 is 5.36. The Morgan fingerprint density at radius 1 is 1.03 bits per heavy atom. The van der Waals surface area contributed by atoms with Crippen molar-refractivity contribution in [1.82, 2.24) is 20.2 Å². The van der Waals surface area contributed by atoms with Crippen LogP contribution >= 0.6 is 23.2 Å². The summed E-state index contributed by atoms with van der Waals surface area (Å²) in [5, 5.41) is 4.38. The van der Waals surface area contributed by atoms with Crippen LogP contribution in [0.15, 0.2) is 24.3 Å². The quantitative estimate of drug-likeness (QED) is 0.619. The van der Waals surface area contributed by atoms with Gasteiger partial charge in [0.2, 0.25) is 0 Å². The highest BCUT2D eigenvalue weighted by Crippen LogP contribution is 2.21. The van der Waals surface area contributed by atoms with Crippen molar-refractivity contribution in [3.05, 3.63) is 57.1 Å². The van der Waals surface area contributed by atoms with Gasteiger partial charge in [0.05, 0.1) is 6.54 Å². The molecule has 29 heavy (non-hydrogen) atoms. The van der Waals surface area contributed by atoms with Crippen LogP contribution in [0.3, 0.4) is 0 Å². The SMILES string of the molecule is CC(C)(C)OC(=O)N1CCc2nc(Cl)ccc2C1.Clc1ccc2c(n1)CCNC2. The fraction of sp³-hybridized carbons (Fsp3) is 0.476. The number of nitrogens with zero attached hydrogens (tertiary/aromatic N) is 3. The van der Waals surface area contributed by atoms with Gasteiger partial charge in [-0.3, -0.25) is 0 Å². The normalized spacial score (nSPS) is 15.6. The van der Waals surface area contributed by atoms with Crippen molar-refractivity contribution >= 4 is 29.3 Å². The fourth-order valence-corrected chi connectivity index (χ4v) is 3.51. The molecule has 2 aliphatic heterocycles. The summed E-state index contributed by atoms with van der Waals surface area (Å²) in [5.41, 5.74) is 3.98. The summed E-state index contributed by atoms with van der Waals surface area (Å²) in [5.74, 6) is 0. The van der Waals surface area contributed by atoms with E-state index in [1.807, 2.05) is 39.0 Å². The average molecular weight is 437 g/mol. The number of pyridine rings is 2. The first kappa shape index (κ1) is 21.8. The number of rotatable bonds is 0. The minimum atomic E-state index is -0.463. The van der Waals surface area contributed by atoms with Gasteiger partial charge in [-0.1, -0.05) is 35.3 Å². The molecule has 1 amide bonds. The van der Waals surface area contributed by atoms with Crippen LogP contribution < -0.4 is 5.32 Å². The zero-order valence-corrected chi connectivity index (χ0v) is 18.5. The first-order valence-corrected chi connectivity index (χ1v) is 10.4. The zero-order chi connectivity index (χ0) is 21.0. The molecule has 0 saturated heterocycles. The molecule has 2 aromatic rings. The Morgan fingerprint density at radius 3 is 2.31 bits per heavy atom. The molecule has 0 radical (unpaired) electrons. The average Bonchev–Trinajstić information content (AvgIpc) is 2.66. The second kappa shape index (κ2) is 9.28. The van der Waals surface area contributed by atoms with Gasteiger partial charge < -0.3 is 15.0 Å². The number of amides is 1. The summed E-state index contributed by atoms with van der Waals surface area (Å²) in [6.07, 6.45) is 1.44. The Kier molecular flexibility index (Phi) is 6.98. The highest BCUT2D eigenvalue weighted by molar-refractivity contribution is 6.29. The summed E-state index contributed by atoms with van der Waals surface area (Å²) in [7, 11) is 0. The Hall–Kier alpha value is -1.89. The third-order valence-corrected chi connectivity index (χ3v) is 4.98. The van der Waals surface area contributed by atoms with Crippen molar-refractivity contribution in [2.75, 3.05) is 13.1 Å². The number of ether oxygens (including phenoxy) is 1. The molecular weight excluding hydrogens is 411 g/mol. The van der Waals surface area contributed by atoms with Crippen LogP contribution in [-0.2, 0) is 30.7 Å². The second-order valence-electron chi connectivity index (χ2n) is 8.06. The largest absolute Gasteiger partial charge is 0.444 e. The van der Waals surface area contributed by atoms with E-state index in [2.05, 4.69) is 15.3 Å². The lowest BCUT2D eigenvalue weighted by atomic mass is 10.1. The summed E-state index contributed by atoms with van der Waals surface area (Å²) in [6.45, 7) is 8.70. The number of aromatic nitrogens is 2. The monoisotopic (exact) mass is 436 g/mol. The molecule has 2 aromatic heterocycles. The van der Waals surface area contributed by atoms with Gasteiger partial charge >= 0.3 is 6.09 Å². The number of carbonyl (C=O) groups excluding carboxylic acids is 1. The predicted molar refractivity (Wildman–Crippen MR) is 114 cm³/mol. The van der Waals surface area contributed by atoms with Gasteiger partial charge in [-0.2, -0.15) is 0 Å². The Morgan fingerprint density at radius 2 is 1.66 bits per heavy atom. The summed E-state index contributed by atoms with van der Waals surface area (Å²) >= 11 is 11.6. The van der Waals surface area contributed by atoms with Crippen molar-refractivity contribution in [2.45, 2.75) is 52.3 Å². The van der Waals surface area contributed by atoms with Crippen LogP contribution in [-0.4, -0.2) is 39.7 Å². The molecule has 0 spiro atoms. The lowest BCUT2D eigenvalue weighted by Gasteiger charge is -2.30. The molecule has 6 nitrogen and oxygen atoms in total. The first-order valence-electron chi connectivity index (χ1n) is 9.68. The Labute approximate surface area is 181 Å². The summed E-state index contributed by atoms with van der Waals surface area (Å²) in [6, 6.07) is 7.55. The third kappa shape index (κ3) is 6.29. The fourth-order valence-electron chi connectivity index (χ4n) is 3.18. The molecule has 4 heterocycles. The van der Waals surface area contributed by atoms with Crippen LogP contribution in [0.1, 0.15) is 43.3 Å². The highest BCUT2D eigenvalue weighted by Gasteiger charge is 2.26. The van der Waals surface area contributed by atoms with Crippen LogP contribution in [0.4, 0.5) is 4.79 Å². The van der Waals surface area contributed by atoms with E-state index in [9.17, 15) is 4.79 Å². The molecule has 8 heteroatoms. The summed E-state index contributed by atoms with van der Waals surface area (Å²) in [4.78, 5) is 22.2. The molecular formula is C21H26Cl2N4O2. The van der Waals surface area contributed by atoms with Gasteiger partial charge in [0.1, 0.15) is 15.9 Å². The second-order valence-corrected chi connectivity index (χ2v) is 8.83. The number of nitrogens with one attached hydrogen (secondary N) is 1.